The van der Waals surface area contributed by atoms with Gasteiger partial charge in [0.25, 0.3) is 0 Å². The first kappa shape index (κ1) is 14.3. The molecular weight excluding hydrogens is 264 g/mol. The van der Waals surface area contributed by atoms with E-state index in [4.69, 9.17) is 0 Å². The maximum Gasteiger partial charge on any atom is 0.0123 e. The Morgan fingerprint density at radius 3 is 2.41 bits per heavy atom. The van der Waals surface area contributed by atoms with Crippen molar-refractivity contribution in [1.82, 2.24) is 0 Å². The molecule has 3 atom stereocenters. The highest BCUT2D eigenvalue weighted by Gasteiger charge is 2.45. The highest BCUT2D eigenvalue weighted by atomic mass is 14.5. The lowest BCUT2D eigenvalue weighted by atomic mass is 9.71. The van der Waals surface area contributed by atoms with Gasteiger partial charge in [-0.25, -0.2) is 0 Å². The van der Waals surface area contributed by atoms with E-state index in [9.17, 15) is 0 Å². The molecule has 3 unspecified atom stereocenters. The normalized spacial score (nSPS) is 31.0. The molecule has 0 radical (unpaired) electrons. The molecule has 1 fully saturated rings. The van der Waals surface area contributed by atoms with E-state index < -0.39 is 0 Å². The van der Waals surface area contributed by atoms with E-state index >= 15 is 0 Å². The van der Waals surface area contributed by atoms with Crippen LogP contribution in [0.5, 0.6) is 0 Å². The van der Waals surface area contributed by atoms with E-state index in [-0.39, 0.29) is 0 Å². The van der Waals surface area contributed by atoms with Crippen LogP contribution in [0.1, 0.15) is 64.4 Å². The van der Waals surface area contributed by atoms with E-state index in [0.717, 1.165) is 11.8 Å². The fourth-order valence-corrected chi connectivity index (χ4v) is 5.06. The molecule has 3 aliphatic rings. The summed E-state index contributed by atoms with van der Waals surface area (Å²) in [7, 11) is 0. The van der Waals surface area contributed by atoms with Gasteiger partial charge in [-0.2, -0.15) is 0 Å². The van der Waals surface area contributed by atoms with Crippen molar-refractivity contribution < 1.29 is 0 Å². The third kappa shape index (κ3) is 2.19. The molecule has 0 amide bonds. The lowest BCUT2D eigenvalue weighted by Crippen LogP contribution is -2.22. The molecule has 0 heterocycles. The molecule has 1 saturated carbocycles. The predicted octanol–water partition coefficient (Wildman–Crippen LogP) is 6.26. The summed E-state index contributed by atoms with van der Waals surface area (Å²) in [6.07, 6.45) is 9.56. The first-order chi connectivity index (χ1) is 10.6. The van der Waals surface area contributed by atoms with Crippen LogP contribution in [-0.2, 0) is 0 Å². The maximum absolute atomic E-state index is 2.59. The Labute approximate surface area is 135 Å². The molecule has 3 aliphatic carbocycles. The smallest absolute Gasteiger partial charge is 0.0123 e. The molecule has 0 aliphatic heterocycles. The first-order valence-corrected chi connectivity index (χ1v) is 9.04. The van der Waals surface area contributed by atoms with Gasteiger partial charge in [-0.1, -0.05) is 81.2 Å². The molecule has 0 saturated heterocycles. The number of allylic oxidation sites excluding steroid dienone is 4. The van der Waals surface area contributed by atoms with Gasteiger partial charge < -0.3 is 0 Å². The minimum atomic E-state index is 0.315. The average Bonchev–Trinajstić information content (AvgIpc) is 3.05. The SMILES string of the molecule is CC(C)(C)C1=CC2=C(C1)C1CCCCC1C2c1ccccc1. The van der Waals surface area contributed by atoms with Crippen molar-refractivity contribution in [3.05, 3.63) is 58.7 Å². The summed E-state index contributed by atoms with van der Waals surface area (Å²) < 4.78 is 0. The molecule has 4 rings (SSSR count). The van der Waals surface area contributed by atoms with Gasteiger partial charge in [0, 0.05) is 5.92 Å². The van der Waals surface area contributed by atoms with Gasteiger partial charge in [-0.15, -0.1) is 0 Å². The summed E-state index contributed by atoms with van der Waals surface area (Å²) in [6, 6.07) is 11.3. The van der Waals surface area contributed by atoms with Crippen molar-refractivity contribution in [1.29, 1.82) is 0 Å². The molecule has 0 spiro atoms. The average molecular weight is 292 g/mol. The predicted molar refractivity (Wildman–Crippen MR) is 93.8 cm³/mol. The Morgan fingerprint density at radius 1 is 0.955 bits per heavy atom. The molecule has 1 aromatic rings. The van der Waals surface area contributed by atoms with Gasteiger partial charge in [-0.05, 0) is 47.6 Å². The Balaban J connectivity index is 1.76. The zero-order chi connectivity index (χ0) is 15.3. The van der Waals surface area contributed by atoms with E-state index in [1.807, 2.05) is 5.57 Å². The highest BCUT2D eigenvalue weighted by Crippen LogP contribution is 2.59. The number of benzene rings is 1. The van der Waals surface area contributed by atoms with E-state index in [1.54, 1.807) is 16.7 Å². The number of rotatable bonds is 1. The molecule has 0 bridgehead atoms. The zero-order valence-corrected chi connectivity index (χ0v) is 14.2. The Bertz CT molecular complexity index is 624. The van der Waals surface area contributed by atoms with Gasteiger partial charge in [-0.3, -0.25) is 0 Å². The molecule has 116 valence electrons. The second kappa shape index (κ2) is 5.11. The molecule has 1 aromatic carbocycles. The Kier molecular flexibility index (Phi) is 3.33. The van der Waals surface area contributed by atoms with Crippen molar-refractivity contribution in [2.75, 3.05) is 0 Å². The van der Waals surface area contributed by atoms with Gasteiger partial charge in [0.05, 0.1) is 0 Å². The van der Waals surface area contributed by atoms with Crippen LogP contribution in [0.4, 0.5) is 0 Å². The van der Waals surface area contributed by atoms with Crippen LogP contribution in [0.25, 0.3) is 0 Å². The van der Waals surface area contributed by atoms with Crippen molar-refractivity contribution in [2.24, 2.45) is 17.3 Å². The summed E-state index contributed by atoms with van der Waals surface area (Å²) in [5.74, 6) is 2.41. The fraction of sp³-hybridized carbons (Fsp3) is 0.545. The quantitative estimate of drug-likeness (QED) is 0.573. The van der Waals surface area contributed by atoms with E-state index in [1.165, 1.54) is 32.1 Å². The van der Waals surface area contributed by atoms with Gasteiger partial charge in [0.15, 0.2) is 0 Å². The molecular formula is C22H28. The third-order valence-corrected chi connectivity index (χ3v) is 6.23. The van der Waals surface area contributed by atoms with E-state index in [2.05, 4.69) is 57.2 Å². The third-order valence-electron chi connectivity index (χ3n) is 6.23. The summed E-state index contributed by atoms with van der Waals surface area (Å²) in [5, 5.41) is 0. The molecule has 0 nitrogen and oxygen atoms in total. The van der Waals surface area contributed by atoms with Crippen molar-refractivity contribution in [3.8, 4) is 0 Å². The Morgan fingerprint density at radius 2 is 1.68 bits per heavy atom. The second-order valence-electron chi connectivity index (χ2n) is 8.52. The minimum Gasteiger partial charge on any atom is -0.0622 e. The Hall–Kier alpha value is -1.30. The lowest BCUT2D eigenvalue weighted by molar-refractivity contribution is 0.268. The van der Waals surface area contributed by atoms with Gasteiger partial charge in [0.1, 0.15) is 0 Å². The monoisotopic (exact) mass is 292 g/mol. The van der Waals surface area contributed by atoms with Crippen LogP contribution in [0.2, 0.25) is 0 Å². The maximum atomic E-state index is 2.59. The summed E-state index contributed by atoms with van der Waals surface area (Å²) in [5.41, 5.74) is 7.03. The second-order valence-corrected chi connectivity index (χ2v) is 8.52. The molecule has 22 heavy (non-hydrogen) atoms. The molecule has 0 heteroatoms. The van der Waals surface area contributed by atoms with Crippen LogP contribution >= 0.6 is 0 Å². The number of hydrogen-bond donors (Lipinski definition) is 0. The summed E-state index contributed by atoms with van der Waals surface area (Å²) >= 11 is 0. The van der Waals surface area contributed by atoms with Crippen molar-refractivity contribution in [2.45, 2.75) is 58.8 Å². The van der Waals surface area contributed by atoms with Crippen LogP contribution in [0, 0.1) is 17.3 Å². The fourth-order valence-electron chi connectivity index (χ4n) is 5.06. The van der Waals surface area contributed by atoms with Gasteiger partial charge >= 0.3 is 0 Å². The highest BCUT2D eigenvalue weighted by molar-refractivity contribution is 5.53. The largest absolute Gasteiger partial charge is 0.0622 e. The number of hydrogen-bond acceptors (Lipinski definition) is 0. The number of fused-ring (bicyclic) bond motifs is 2. The molecule has 0 N–H and O–H groups in total. The first-order valence-electron chi connectivity index (χ1n) is 9.04. The van der Waals surface area contributed by atoms with Crippen LogP contribution in [0.15, 0.2) is 53.1 Å². The lowest BCUT2D eigenvalue weighted by Gasteiger charge is -2.33. The summed E-state index contributed by atoms with van der Waals surface area (Å²) in [6.45, 7) is 7.12. The summed E-state index contributed by atoms with van der Waals surface area (Å²) in [4.78, 5) is 0. The standard InChI is InChI=1S/C22H28/c1-22(2,3)16-13-19-17-11-7-8-12-18(17)21(20(19)14-16)15-9-5-4-6-10-15/h4-6,9-10,14,17-18,21H,7-8,11-13H2,1-3H3. The van der Waals surface area contributed by atoms with Crippen LogP contribution < -0.4 is 0 Å². The molecule has 0 aromatic heterocycles. The van der Waals surface area contributed by atoms with Crippen LogP contribution in [0.3, 0.4) is 0 Å². The topological polar surface area (TPSA) is 0 Å². The van der Waals surface area contributed by atoms with Crippen molar-refractivity contribution >= 4 is 0 Å². The van der Waals surface area contributed by atoms with Gasteiger partial charge in [0.2, 0.25) is 0 Å². The van der Waals surface area contributed by atoms with Crippen molar-refractivity contribution in [3.63, 3.8) is 0 Å². The van der Waals surface area contributed by atoms with Crippen LogP contribution in [-0.4, -0.2) is 0 Å². The van der Waals surface area contributed by atoms with E-state index in [0.29, 0.717) is 11.3 Å². The minimum absolute atomic E-state index is 0.315. The zero-order valence-electron chi connectivity index (χ0n) is 14.2.